The molecule has 1 aliphatic heterocycles. The van der Waals surface area contributed by atoms with Gasteiger partial charge in [-0.1, -0.05) is 6.08 Å². The molecule has 0 bridgehead atoms. The van der Waals surface area contributed by atoms with Crippen LogP contribution < -0.4 is 5.73 Å². The molecule has 0 atom stereocenters. The smallest absolute Gasteiger partial charge is 0.0777 e. The number of nitrogens with two attached hydrogens (primary N) is 1. The highest BCUT2D eigenvalue weighted by molar-refractivity contribution is 6.20. The summed E-state index contributed by atoms with van der Waals surface area (Å²) in [6.07, 6.45) is 6.45. The Morgan fingerprint density at radius 1 is 1.50 bits per heavy atom. The molecule has 0 aromatic heterocycles. The second kappa shape index (κ2) is 1.80. The van der Waals surface area contributed by atoms with Crippen LogP contribution in [-0.4, -0.2) is 11.9 Å². The van der Waals surface area contributed by atoms with Crippen molar-refractivity contribution in [3.8, 4) is 0 Å². The third-order valence-electron chi connectivity index (χ3n) is 1.60. The summed E-state index contributed by atoms with van der Waals surface area (Å²) >= 11 is 0. The molecular weight excluding hydrogens is 126 g/mol. The topological polar surface area (TPSA) is 50.7 Å². The van der Waals surface area contributed by atoms with E-state index >= 15 is 0 Å². The third kappa shape index (κ3) is 0.603. The van der Waals surface area contributed by atoms with Gasteiger partial charge in [0.05, 0.1) is 11.9 Å². The molecule has 1 heterocycles. The molecule has 0 saturated carbocycles. The van der Waals surface area contributed by atoms with Crippen LogP contribution >= 0.6 is 0 Å². The first kappa shape index (κ1) is 5.41. The van der Waals surface area contributed by atoms with Crippen molar-refractivity contribution in [3.05, 3.63) is 23.4 Å². The maximum absolute atomic E-state index is 5.64. The van der Waals surface area contributed by atoms with E-state index in [1.807, 2.05) is 12.2 Å². The largest absolute Gasteiger partial charge is 0.398 e. The molecule has 0 saturated heterocycles. The van der Waals surface area contributed by atoms with Crippen LogP contribution in [0.15, 0.2) is 33.6 Å². The zero-order valence-corrected chi connectivity index (χ0v) is 5.41. The summed E-state index contributed by atoms with van der Waals surface area (Å²) in [5, 5.41) is 7.67. The fourth-order valence-electron chi connectivity index (χ4n) is 1.06. The number of allylic oxidation sites excluding steroid dienone is 3. The van der Waals surface area contributed by atoms with Gasteiger partial charge in [0.1, 0.15) is 0 Å². The van der Waals surface area contributed by atoms with Crippen LogP contribution in [-0.2, 0) is 0 Å². The van der Waals surface area contributed by atoms with E-state index in [2.05, 4.69) is 10.2 Å². The molecule has 0 aromatic rings. The number of fused-ring (bicyclic) bond motifs is 1. The maximum atomic E-state index is 5.64. The minimum atomic E-state index is 0.770. The van der Waals surface area contributed by atoms with Gasteiger partial charge in [-0.15, -0.1) is 0 Å². The minimum Gasteiger partial charge on any atom is -0.398 e. The second-order valence-electron chi connectivity index (χ2n) is 2.27. The summed E-state index contributed by atoms with van der Waals surface area (Å²) < 4.78 is 0. The lowest BCUT2D eigenvalue weighted by Crippen LogP contribution is -2.11. The molecule has 0 fully saturated rings. The summed E-state index contributed by atoms with van der Waals surface area (Å²) in [4.78, 5) is 0. The predicted octanol–water partition coefficient (Wildman–Crippen LogP) is 0.600. The Kier molecular flexibility index (Phi) is 0.974. The van der Waals surface area contributed by atoms with Crippen molar-refractivity contribution in [1.82, 2.24) is 0 Å². The Labute approximate surface area is 58.6 Å². The second-order valence-corrected chi connectivity index (χ2v) is 2.27. The van der Waals surface area contributed by atoms with E-state index < -0.39 is 0 Å². The summed E-state index contributed by atoms with van der Waals surface area (Å²) in [5.41, 5.74) is 8.38. The van der Waals surface area contributed by atoms with E-state index in [1.165, 1.54) is 0 Å². The molecule has 2 N–H and O–H groups in total. The Morgan fingerprint density at radius 2 is 2.40 bits per heavy atom. The highest BCUT2D eigenvalue weighted by Crippen LogP contribution is 2.15. The third-order valence-corrected chi connectivity index (χ3v) is 1.60. The van der Waals surface area contributed by atoms with Crippen molar-refractivity contribution >= 4 is 11.9 Å². The summed E-state index contributed by atoms with van der Waals surface area (Å²) in [5.74, 6) is 0. The van der Waals surface area contributed by atoms with Gasteiger partial charge in [-0.05, 0) is 6.08 Å². The summed E-state index contributed by atoms with van der Waals surface area (Å²) in [6, 6.07) is 0. The van der Waals surface area contributed by atoms with E-state index in [0.29, 0.717) is 0 Å². The SMILES string of the molecule is NC1=C2C=NN=C2CC=C1. The van der Waals surface area contributed by atoms with Gasteiger partial charge in [0.15, 0.2) is 0 Å². The van der Waals surface area contributed by atoms with E-state index in [0.717, 1.165) is 23.4 Å². The van der Waals surface area contributed by atoms with Gasteiger partial charge < -0.3 is 5.73 Å². The fourth-order valence-corrected chi connectivity index (χ4v) is 1.06. The average molecular weight is 133 g/mol. The Hall–Kier alpha value is -1.38. The van der Waals surface area contributed by atoms with Gasteiger partial charge >= 0.3 is 0 Å². The van der Waals surface area contributed by atoms with Crippen LogP contribution in [0.1, 0.15) is 6.42 Å². The van der Waals surface area contributed by atoms with Crippen LogP contribution in [0.3, 0.4) is 0 Å². The van der Waals surface area contributed by atoms with Crippen molar-refractivity contribution in [1.29, 1.82) is 0 Å². The van der Waals surface area contributed by atoms with Gasteiger partial charge in [0, 0.05) is 17.7 Å². The molecule has 1 aliphatic carbocycles. The van der Waals surface area contributed by atoms with Gasteiger partial charge in [-0.3, -0.25) is 0 Å². The molecule has 3 heteroatoms. The van der Waals surface area contributed by atoms with Crippen LogP contribution in [0.2, 0.25) is 0 Å². The van der Waals surface area contributed by atoms with Crippen LogP contribution in [0.25, 0.3) is 0 Å². The molecule has 0 unspecified atom stereocenters. The Balaban J connectivity index is 2.53. The average Bonchev–Trinajstić information content (AvgIpc) is 2.36. The quantitative estimate of drug-likeness (QED) is 0.516. The maximum Gasteiger partial charge on any atom is 0.0777 e. The lowest BCUT2D eigenvalue weighted by Gasteiger charge is -2.05. The number of nitrogens with zero attached hydrogens (tertiary/aromatic N) is 2. The van der Waals surface area contributed by atoms with E-state index in [9.17, 15) is 0 Å². The van der Waals surface area contributed by atoms with Crippen molar-refractivity contribution in [2.24, 2.45) is 15.9 Å². The van der Waals surface area contributed by atoms with Crippen LogP contribution in [0, 0.1) is 0 Å². The van der Waals surface area contributed by atoms with E-state index in [-0.39, 0.29) is 0 Å². The normalized spacial score (nSPS) is 21.4. The van der Waals surface area contributed by atoms with E-state index in [4.69, 9.17) is 5.73 Å². The van der Waals surface area contributed by atoms with Crippen LogP contribution in [0.5, 0.6) is 0 Å². The molecule has 0 amide bonds. The molecule has 50 valence electrons. The molecule has 2 aliphatic rings. The van der Waals surface area contributed by atoms with Crippen molar-refractivity contribution in [2.45, 2.75) is 6.42 Å². The lowest BCUT2D eigenvalue weighted by molar-refractivity contribution is 1.24. The fraction of sp³-hybridized carbons (Fsp3) is 0.143. The van der Waals surface area contributed by atoms with Gasteiger partial charge in [0.2, 0.25) is 0 Å². The zero-order chi connectivity index (χ0) is 6.97. The van der Waals surface area contributed by atoms with Gasteiger partial charge in [-0.2, -0.15) is 10.2 Å². The van der Waals surface area contributed by atoms with Crippen LogP contribution in [0.4, 0.5) is 0 Å². The lowest BCUT2D eigenvalue weighted by atomic mass is 10.0. The molecule has 10 heavy (non-hydrogen) atoms. The van der Waals surface area contributed by atoms with Crippen molar-refractivity contribution < 1.29 is 0 Å². The summed E-state index contributed by atoms with van der Waals surface area (Å²) in [7, 11) is 0. The van der Waals surface area contributed by atoms with Gasteiger partial charge in [0.25, 0.3) is 0 Å². The summed E-state index contributed by atoms with van der Waals surface area (Å²) in [6.45, 7) is 0. The highest BCUT2D eigenvalue weighted by atomic mass is 15.2. The standard InChI is InChI=1S/C7H7N3/c8-6-2-1-3-7-5(6)4-9-10-7/h1-2,4H,3,8H2. The number of hydrogen-bond donors (Lipinski definition) is 1. The Bertz CT molecular complexity index is 281. The number of hydrogen-bond acceptors (Lipinski definition) is 3. The first-order valence-corrected chi connectivity index (χ1v) is 3.14. The first-order chi connectivity index (χ1) is 4.88. The Morgan fingerprint density at radius 3 is 3.20 bits per heavy atom. The molecule has 2 rings (SSSR count). The minimum absolute atomic E-state index is 0.770. The molecular formula is C7H7N3. The monoisotopic (exact) mass is 133 g/mol. The number of rotatable bonds is 0. The zero-order valence-electron chi connectivity index (χ0n) is 5.41. The first-order valence-electron chi connectivity index (χ1n) is 3.14. The van der Waals surface area contributed by atoms with Gasteiger partial charge in [-0.25, -0.2) is 0 Å². The molecule has 0 spiro atoms. The predicted molar refractivity (Wildman–Crippen MR) is 40.9 cm³/mol. The highest BCUT2D eigenvalue weighted by Gasteiger charge is 2.14. The van der Waals surface area contributed by atoms with Crippen molar-refractivity contribution in [2.75, 3.05) is 0 Å². The van der Waals surface area contributed by atoms with Crippen molar-refractivity contribution in [3.63, 3.8) is 0 Å². The van der Waals surface area contributed by atoms with E-state index in [1.54, 1.807) is 6.21 Å². The molecule has 0 aromatic carbocycles. The molecule has 0 radical (unpaired) electrons. The molecule has 3 nitrogen and oxygen atoms in total.